The summed E-state index contributed by atoms with van der Waals surface area (Å²) < 4.78 is 2.39. The van der Waals surface area contributed by atoms with Crippen molar-refractivity contribution in [2.45, 2.75) is 0 Å². The molecule has 0 aliphatic heterocycles. The van der Waals surface area contributed by atoms with Crippen molar-refractivity contribution in [1.82, 2.24) is 19.9 Å². The summed E-state index contributed by atoms with van der Waals surface area (Å²) in [5.74, 6) is 1.89. The van der Waals surface area contributed by atoms with Gasteiger partial charge < -0.3 is 0 Å². The number of pyridine rings is 1. The van der Waals surface area contributed by atoms with Crippen molar-refractivity contribution in [2.24, 2.45) is 0 Å². The van der Waals surface area contributed by atoms with E-state index >= 15 is 0 Å². The fourth-order valence-corrected chi connectivity index (χ4v) is 8.37. The predicted molar refractivity (Wildman–Crippen MR) is 213 cm³/mol. The number of aromatic nitrogens is 4. The Morgan fingerprint density at radius 1 is 0.373 bits per heavy atom. The summed E-state index contributed by atoms with van der Waals surface area (Å²) in [4.78, 5) is 20.3. The number of benzene rings is 7. The maximum absolute atomic E-state index is 5.23. The molecule has 0 unspecified atom stereocenters. The van der Waals surface area contributed by atoms with Crippen LogP contribution in [0.1, 0.15) is 0 Å². The van der Waals surface area contributed by atoms with E-state index in [1.807, 2.05) is 42.6 Å². The Kier molecular flexibility index (Phi) is 6.96. The van der Waals surface area contributed by atoms with Gasteiger partial charge in [-0.05, 0) is 62.5 Å². The molecular formula is C46H28N4S. The van der Waals surface area contributed by atoms with Crippen LogP contribution in [-0.2, 0) is 0 Å². The normalized spacial score (nSPS) is 11.5. The number of thiophene rings is 1. The standard InChI is InChI=1S/C46H28N4S/c1-3-13-29(14-4-1)44-48-45(30-15-5-2-6-16-30)50-46(49-44)40-28-32(34-25-26-47-42-38-21-11-12-22-41(38)51-43(34)42)23-24-37(40)39-27-31-17-7-8-18-33(31)35-19-9-10-20-36(35)39/h1-28H. The molecule has 3 aromatic heterocycles. The third-order valence-corrected chi connectivity index (χ3v) is 10.8. The lowest BCUT2D eigenvalue weighted by Crippen LogP contribution is -2.01. The molecule has 0 radical (unpaired) electrons. The van der Waals surface area contributed by atoms with Crippen molar-refractivity contribution in [3.8, 4) is 56.4 Å². The molecule has 0 aliphatic carbocycles. The number of hydrogen-bond acceptors (Lipinski definition) is 5. The molecule has 3 heterocycles. The van der Waals surface area contributed by atoms with Gasteiger partial charge in [-0.25, -0.2) is 15.0 Å². The number of fused-ring (bicyclic) bond motifs is 6. The maximum atomic E-state index is 5.23. The zero-order valence-electron chi connectivity index (χ0n) is 27.4. The second-order valence-electron chi connectivity index (χ2n) is 12.6. The SMILES string of the molecule is c1ccc(-c2nc(-c3ccccc3)nc(-c3cc(-c4ccnc5c4sc4ccccc45)ccc3-c3cc4ccccc4c4ccccc34)n2)cc1. The van der Waals surface area contributed by atoms with E-state index in [9.17, 15) is 0 Å². The van der Waals surface area contributed by atoms with Crippen LogP contribution in [0, 0.1) is 0 Å². The van der Waals surface area contributed by atoms with Crippen molar-refractivity contribution in [3.63, 3.8) is 0 Å². The number of rotatable bonds is 5. The third kappa shape index (κ3) is 5.06. The van der Waals surface area contributed by atoms with Gasteiger partial charge in [-0.15, -0.1) is 11.3 Å². The van der Waals surface area contributed by atoms with E-state index in [0.717, 1.165) is 44.5 Å². The van der Waals surface area contributed by atoms with Gasteiger partial charge >= 0.3 is 0 Å². The first kappa shape index (κ1) is 29.4. The fourth-order valence-electron chi connectivity index (χ4n) is 7.17. The Morgan fingerprint density at radius 3 is 1.73 bits per heavy atom. The minimum atomic E-state index is 0.624. The average Bonchev–Trinajstić information content (AvgIpc) is 3.60. The molecule has 0 atom stereocenters. The fraction of sp³-hybridized carbons (Fsp3) is 0. The van der Waals surface area contributed by atoms with Gasteiger partial charge in [0.1, 0.15) is 0 Å². The van der Waals surface area contributed by atoms with Gasteiger partial charge in [0.15, 0.2) is 17.5 Å². The summed E-state index contributed by atoms with van der Waals surface area (Å²) in [7, 11) is 0. The molecule has 7 aromatic carbocycles. The highest BCUT2D eigenvalue weighted by Gasteiger charge is 2.20. The molecular weight excluding hydrogens is 641 g/mol. The Hall–Kier alpha value is -6.56. The van der Waals surface area contributed by atoms with E-state index in [2.05, 4.69) is 127 Å². The highest BCUT2D eigenvalue weighted by atomic mass is 32.1. The van der Waals surface area contributed by atoms with E-state index in [-0.39, 0.29) is 0 Å². The summed E-state index contributed by atoms with van der Waals surface area (Å²) in [6.45, 7) is 0. The van der Waals surface area contributed by atoms with Crippen LogP contribution in [0.15, 0.2) is 170 Å². The summed E-state index contributed by atoms with van der Waals surface area (Å²) in [5.41, 5.74) is 8.26. The molecule has 0 fully saturated rings. The highest BCUT2D eigenvalue weighted by molar-refractivity contribution is 7.26. The van der Waals surface area contributed by atoms with Gasteiger partial charge in [0.05, 0.1) is 10.2 Å². The molecule has 5 heteroatoms. The van der Waals surface area contributed by atoms with Crippen molar-refractivity contribution >= 4 is 53.2 Å². The molecule has 0 aliphatic rings. The second-order valence-corrected chi connectivity index (χ2v) is 13.7. The molecule has 0 bridgehead atoms. The maximum Gasteiger partial charge on any atom is 0.164 e. The zero-order valence-corrected chi connectivity index (χ0v) is 28.2. The van der Waals surface area contributed by atoms with E-state index in [0.29, 0.717) is 17.5 Å². The van der Waals surface area contributed by atoms with Crippen molar-refractivity contribution in [1.29, 1.82) is 0 Å². The van der Waals surface area contributed by atoms with Crippen LogP contribution in [0.4, 0.5) is 0 Å². The summed E-state index contributed by atoms with van der Waals surface area (Å²) in [6.07, 6.45) is 1.92. The molecule has 0 N–H and O–H groups in total. The van der Waals surface area contributed by atoms with E-state index in [1.54, 1.807) is 11.3 Å². The lowest BCUT2D eigenvalue weighted by molar-refractivity contribution is 1.07. The van der Waals surface area contributed by atoms with Gasteiger partial charge in [-0.3, -0.25) is 4.98 Å². The van der Waals surface area contributed by atoms with Crippen LogP contribution >= 0.6 is 11.3 Å². The molecule has 10 rings (SSSR count). The third-order valence-electron chi connectivity index (χ3n) is 9.59. The van der Waals surface area contributed by atoms with Crippen LogP contribution in [0.3, 0.4) is 0 Å². The lowest BCUT2D eigenvalue weighted by atomic mass is 9.89. The largest absolute Gasteiger partial charge is 0.255 e. The van der Waals surface area contributed by atoms with E-state index in [1.165, 1.54) is 36.3 Å². The van der Waals surface area contributed by atoms with Crippen LogP contribution < -0.4 is 0 Å². The van der Waals surface area contributed by atoms with Crippen molar-refractivity contribution < 1.29 is 0 Å². The smallest absolute Gasteiger partial charge is 0.164 e. The van der Waals surface area contributed by atoms with Gasteiger partial charge in [0, 0.05) is 38.5 Å². The van der Waals surface area contributed by atoms with Crippen LogP contribution in [0.5, 0.6) is 0 Å². The van der Waals surface area contributed by atoms with Gasteiger partial charge in [0.25, 0.3) is 0 Å². The topological polar surface area (TPSA) is 51.6 Å². The molecule has 0 spiro atoms. The van der Waals surface area contributed by atoms with E-state index in [4.69, 9.17) is 19.9 Å². The molecule has 51 heavy (non-hydrogen) atoms. The Labute approximate surface area is 298 Å². The Bertz CT molecular complexity index is 2860. The molecule has 10 aromatic rings. The predicted octanol–water partition coefficient (Wildman–Crippen LogP) is 12.3. The highest BCUT2D eigenvalue weighted by Crippen LogP contribution is 2.43. The van der Waals surface area contributed by atoms with Gasteiger partial charge in [-0.1, -0.05) is 140 Å². The first-order valence-electron chi connectivity index (χ1n) is 17.0. The minimum Gasteiger partial charge on any atom is -0.255 e. The summed E-state index contributed by atoms with van der Waals surface area (Å²) >= 11 is 1.78. The molecule has 0 saturated carbocycles. The number of nitrogens with zero attached hydrogens (tertiary/aromatic N) is 4. The summed E-state index contributed by atoms with van der Waals surface area (Å²) in [6, 6.07) is 57.3. The first-order valence-corrected chi connectivity index (χ1v) is 17.8. The Morgan fingerprint density at radius 2 is 0.980 bits per heavy atom. The van der Waals surface area contributed by atoms with Gasteiger partial charge in [-0.2, -0.15) is 0 Å². The molecule has 0 saturated heterocycles. The van der Waals surface area contributed by atoms with Crippen LogP contribution in [0.25, 0.3) is 98.3 Å². The number of hydrogen-bond donors (Lipinski definition) is 0. The van der Waals surface area contributed by atoms with Crippen molar-refractivity contribution in [3.05, 3.63) is 170 Å². The minimum absolute atomic E-state index is 0.624. The van der Waals surface area contributed by atoms with E-state index < -0.39 is 0 Å². The Balaban J connectivity index is 1.29. The van der Waals surface area contributed by atoms with Crippen molar-refractivity contribution in [2.75, 3.05) is 0 Å². The van der Waals surface area contributed by atoms with Gasteiger partial charge in [0.2, 0.25) is 0 Å². The zero-order chi connectivity index (χ0) is 33.7. The molecule has 0 amide bonds. The average molecular weight is 669 g/mol. The monoisotopic (exact) mass is 668 g/mol. The summed E-state index contributed by atoms with van der Waals surface area (Å²) in [5, 5.41) is 6.00. The molecule has 238 valence electrons. The molecule has 4 nitrogen and oxygen atoms in total. The first-order chi connectivity index (χ1) is 25.3. The van der Waals surface area contributed by atoms with Crippen LogP contribution in [0.2, 0.25) is 0 Å². The quantitative estimate of drug-likeness (QED) is 0.171. The van der Waals surface area contributed by atoms with Crippen LogP contribution in [-0.4, -0.2) is 19.9 Å². The lowest BCUT2D eigenvalue weighted by Gasteiger charge is -2.17. The second kappa shape index (κ2) is 12.1.